The van der Waals surface area contributed by atoms with Gasteiger partial charge in [-0.25, -0.2) is 0 Å². The lowest BCUT2D eigenvalue weighted by molar-refractivity contribution is -0.119. The van der Waals surface area contributed by atoms with Gasteiger partial charge in [0.25, 0.3) is 5.91 Å². The zero-order chi connectivity index (χ0) is 24.9. The van der Waals surface area contributed by atoms with E-state index in [-0.39, 0.29) is 17.7 Å². The topological polar surface area (TPSA) is 79.5 Å². The van der Waals surface area contributed by atoms with Crippen LogP contribution in [0.2, 0.25) is 0 Å². The van der Waals surface area contributed by atoms with Crippen LogP contribution < -0.4 is 4.90 Å². The van der Waals surface area contributed by atoms with Crippen molar-refractivity contribution in [3.8, 4) is 11.5 Å². The monoisotopic (exact) mass is 486 g/mol. The molecule has 3 aromatic rings. The van der Waals surface area contributed by atoms with Crippen LogP contribution in [0.15, 0.2) is 52.9 Å². The third-order valence-corrected chi connectivity index (χ3v) is 7.09. The van der Waals surface area contributed by atoms with Crippen LogP contribution >= 0.6 is 0 Å². The minimum atomic E-state index is -0.00648. The molecular weight excluding hydrogens is 452 g/mol. The second kappa shape index (κ2) is 11.1. The molecule has 7 heteroatoms. The van der Waals surface area contributed by atoms with Gasteiger partial charge in [-0.05, 0) is 61.6 Å². The molecule has 2 heterocycles. The number of hydrogen-bond acceptors (Lipinski definition) is 5. The molecule has 1 fully saturated rings. The predicted octanol–water partition coefficient (Wildman–Crippen LogP) is 5.78. The van der Waals surface area contributed by atoms with Gasteiger partial charge in [0, 0.05) is 49.3 Å². The van der Waals surface area contributed by atoms with E-state index in [1.165, 1.54) is 0 Å². The number of amides is 2. The largest absolute Gasteiger partial charge is 0.421 e. The molecule has 2 aromatic carbocycles. The summed E-state index contributed by atoms with van der Waals surface area (Å²) in [4.78, 5) is 30.8. The quantitative estimate of drug-likeness (QED) is 0.469. The Kier molecular flexibility index (Phi) is 7.44. The first-order valence-corrected chi connectivity index (χ1v) is 13.2. The smallest absolute Gasteiger partial charge is 0.254 e. The summed E-state index contributed by atoms with van der Waals surface area (Å²) in [5.41, 5.74) is 3.39. The number of benzene rings is 2. The van der Waals surface area contributed by atoms with E-state index in [9.17, 15) is 9.59 Å². The molecule has 2 aliphatic rings. The number of nitrogens with zero attached hydrogens (tertiary/aromatic N) is 4. The molecule has 1 saturated carbocycles. The molecule has 1 aliphatic carbocycles. The van der Waals surface area contributed by atoms with Crippen molar-refractivity contribution >= 4 is 17.5 Å². The lowest BCUT2D eigenvalue weighted by Crippen LogP contribution is -2.36. The van der Waals surface area contributed by atoms with Gasteiger partial charge in [-0.2, -0.15) is 0 Å². The third-order valence-electron chi connectivity index (χ3n) is 7.09. The molecule has 0 bridgehead atoms. The van der Waals surface area contributed by atoms with E-state index in [2.05, 4.69) is 16.3 Å². The van der Waals surface area contributed by atoms with Crippen LogP contribution in [0.3, 0.4) is 0 Å². The highest BCUT2D eigenvalue weighted by atomic mass is 16.4. The standard InChI is InChI=1S/C29H34N4O3/c1-21-30-31-27(36-21)22-12-14-23(15-13-22)28(34)32-18-8-4-2-3-5-9-19-33(29(35)24-16-17-24)26-11-7-6-10-25(26)20-32/h6-7,10-15,24H,2-5,8-9,16-20H2,1H3. The number of aromatic nitrogens is 2. The first kappa shape index (κ1) is 24.2. The van der Waals surface area contributed by atoms with Crippen LogP contribution in [0.5, 0.6) is 0 Å². The van der Waals surface area contributed by atoms with E-state index < -0.39 is 0 Å². The van der Waals surface area contributed by atoms with Gasteiger partial charge in [-0.1, -0.05) is 43.9 Å². The predicted molar refractivity (Wildman–Crippen MR) is 138 cm³/mol. The normalized spacial score (nSPS) is 17.5. The molecule has 0 N–H and O–H groups in total. The molecule has 188 valence electrons. The molecule has 7 nitrogen and oxygen atoms in total. The van der Waals surface area contributed by atoms with Gasteiger partial charge in [-0.15, -0.1) is 10.2 Å². The maximum Gasteiger partial charge on any atom is 0.254 e. The molecule has 2 amide bonds. The number of carbonyl (C=O) groups excluding carboxylic acids is 2. The van der Waals surface area contributed by atoms with Gasteiger partial charge in [-0.3, -0.25) is 9.59 Å². The van der Waals surface area contributed by atoms with Gasteiger partial charge in [0.05, 0.1) is 0 Å². The maximum atomic E-state index is 13.7. The van der Waals surface area contributed by atoms with Crippen molar-refractivity contribution in [2.75, 3.05) is 18.0 Å². The molecule has 0 saturated heterocycles. The zero-order valence-corrected chi connectivity index (χ0v) is 21.0. The van der Waals surface area contributed by atoms with Crippen molar-refractivity contribution < 1.29 is 14.0 Å². The van der Waals surface area contributed by atoms with E-state index >= 15 is 0 Å². The highest BCUT2D eigenvalue weighted by Crippen LogP contribution is 2.34. The second-order valence-corrected chi connectivity index (χ2v) is 9.94. The summed E-state index contributed by atoms with van der Waals surface area (Å²) in [5, 5.41) is 7.95. The number of anilines is 1. The van der Waals surface area contributed by atoms with E-state index in [0.717, 1.165) is 74.7 Å². The van der Waals surface area contributed by atoms with Gasteiger partial charge in [0.2, 0.25) is 17.7 Å². The number of hydrogen-bond donors (Lipinski definition) is 0. The average molecular weight is 487 g/mol. The van der Waals surface area contributed by atoms with Crippen molar-refractivity contribution in [2.45, 2.75) is 64.8 Å². The van der Waals surface area contributed by atoms with Gasteiger partial charge < -0.3 is 14.2 Å². The molecule has 1 aromatic heterocycles. The number of carbonyl (C=O) groups is 2. The Bertz CT molecular complexity index is 1200. The van der Waals surface area contributed by atoms with E-state index in [4.69, 9.17) is 4.42 Å². The SMILES string of the molecule is Cc1nnc(-c2ccc(C(=O)N3CCCCCCCCN(C(=O)C4CC4)c4ccccc4C3)cc2)o1. The van der Waals surface area contributed by atoms with E-state index in [1.54, 1.807) is 6.92 Å². The van der Waals surface area contributed by atoms with Crippen LogP contribution in [0.25, 0.3) is 11.5 Å². The fourth-order valence-electron chi connectivity index (χ4n) is 4.90. The van der Waals surface area contributed by atoms with Crippen LogP contribution in [0.4, 0.5) is 5.69 Å². The number of aryl methyl sites for hydroxylation is 1. The first-order valence-electron chi connectivity index (χ1n) is 13.2. The van der Waals surface area contributed by atoms with E-state index in [1.807, 2.05) is 52.3 Å². The molecule has 0 unspecified atom stereocenters. The molecule has 0 atom stereocenters. The van der Waals surface area contributed by atoms with Crippen molar-refractivity contribution in [2.24, 2.45) is 5.92 Å². The molecule has 1 aliphatic heterocycles. The van der Waals surface area contributed by atoms with Crippen LogP contribution in [-0.4, -0.2) is 40.0 Å². The lowest BCUT2D eigenvalue weighted by atomic mass is 10.1. The summed E-state index contributed by atoms with van der Waals surface area (Å²) in [7, 11) is 0. The number of rotatable bonds is 3. The van der Waals surface area contributed by atoms with Gasteiger partial charge >= 0.3 is 0 Å². The number of fused-ring (bicyclic) bond motifs is 1. The molecule has 5 rings (SSSR count). The van der Waals surface area contributed by atoms with Crippen molar-refractivity contribution in [1.29, 1.82) is 0 Å². The van der Waals surface area contributed by atoms with Crippen LogP contribution in [0, 0.1) is 12.8 Å². The lowest BCUT2D eigenvalue weighted by Gasteiger charge is -2.28. The Morgan fingerprint density at radius 3 is 2.25 bits per heavy atom. The average Bonchev–Trinajstić information content (AvgIpc) is 3.66. The Morgan fingerprint density at radius 2 is 1.56 bits per heavy atom. The van der Waals surface area contributed by atoms with Crippen molar-refractivity contribution in [3.05, 3.63) is 65.5 Å². The summed E-state index contributed by atoms with van der Waals surface area (Å²) >= 11 is 0. The maximum absolute atomic E-state index is 13.7. The Labute approximate surface area is 212 Å². The Morgan fingerprint density at radius 1 is 0.861 bits per heavy atom. The second-order valence-electron chi connectivity index (χ2n) is 9.94. The number of para-hydroxylation sites is 1. The van der Waals surface area contributed by atoms with Crippen LogP contribution in [0.1, 0.15) is 73.2 Å². The third kappa shape index (κ3) is 5.66. The first-order chi connectivity index (χ1) is 17.6. The summed E-state index contributed by atoms with van der Waals surface area (Å²) < 4.78 is 5.51. The molecular formula is C29H34N4O3. The summed E-state index contributed by atoms with van der Waals surface area (Å²) in [5.74, 6) is 1.35. The molecule has 36 heavy (non-hydrogen) atoms. The van der Waals surface area contributed by atoms with E-state index in [0.29, 0.717) is 30.4 Å². The van der Waals surface area contributed by atoms with Crippen molar-refractivity contribution in [1.82, 2.24) is 15.1 Å². The Hall–Kier alpha value is -3.48. The summed E-state index contributed by atoms with van der Waals surface area (Å²) in [6.07, 6.45) is 8.51. The van der Waals surface area contributed by atoms with Crippen molar-refractivity contribution in [3.63, 3.8) is 0 Å². The van der Waals surface area contributed by atoms with Gasteiger partial charge in [0.15, 0.2) is 0 Å². The zero-order valence-electron chi connectivity index (χ0n) is 21.0. The fourth-order valence-corrected chi connectivity index (χ4v) is 4.90. The Balaban J connectivity index is 1.41. The molecule has 0 spiro atoms. The highest BCUT2D eigenvalue weighted by Gasteiger charge is 2.34. The summed E-state index contributed by atoms with van der Waals surface area (Å²) in [6, 6.07) is 15.5. The van der Waals surface area contributed by atoms with Gasteiger partial charge in [0.1, 0.15) is 0 Å². The fraction of sp³-hybridized carbons (Fsp3) is 0.448. The van der Waals surface area contributed by atoms with Crippen LogP contribution in [-0.2, 0) is 11.3 Å². The minimum absolute atomic E-state index is 0.00648. The molecule has 0 radical (unpaired) electrons. The minimum Gasteiger partial charge on any atom is -0.421 e. The summed E-state index contributed by atoms with van der Waals surface area (Å²) in [6.45, 7) is 3.67. The highest BCUT2D eigenvalue weighted by molar-refractivity contribution is 5.97.